The van der Waals surface area contributed by atoms with E-state index in [4.69, 9.17) is 18.9 Å². The van der Waals surface area contributed by atoms with Crippen LogP contribution in [0, 0.1) is 0 Å². The second kappa shape index (κ2) is 21.8. The number of rotatable bonds is 16. The first-order valence-electron chi connectivity index (χ1n) is 17.1. The monoisotopic (exact) mass is 906 g/mol. The fraction of sp³-hybridized carbons (Fsp3) is 0.568. The molecular formula is C37H52I2N2O8. The predicted molar refractivity (Wildman–Crippen MR) is 176 cm³/mol. The van der Waals surface area contributed by atoms with Crippen LogP contribution in [0.15, 0.2) is 60.7 Å². The van der Waals surface area contributed by atoms with Gasteiger partial charge in [-0.1, -0.05) is 36.4 Å². The van der Waals surface area contributed by atoms with E-state index in [0.717, 1.165) is 45.2 Å². The van der Waals surface area contributed by atoms with E-state index >= 15 is 0 Å². The number of carbonyl (C=O) groups is 4. The molecule has 4 rings (SSSR count). The zero-order valence-corrected chi connectivity index (χ0v) is 33.2. The second-order valence-electron chi connectivity index (χ2n) is 13.6. The minimum absolute atomic E-state index is 0. The third kappa shape index (κ3) is 15.2. The molecular weight excluding hydrogens is 854 g/mol. The van der Waals surface area contributed by atoms with Gasteiger partial charge in [-0.3, -0.25) is 9.59 Å². The van der Waals surface area contributed by atoms with Gasteiger partial charge < -0.3 is 75.9 Å². The number of carbonyl (C=O) groups excluding carboxylic acids is 4. The number of halogens is 2. The van der Waals surface area contributed by atoms with Crippen molar-refractivity contribution in [1.82, 2.24) is 0 Å². The van der Waals surface area contributed by atoms with Gasteiger partial charge in [0.05, 0.1) is 77.5 Å². The van der Waals surface area contributed by atoms with Gasteiger partial charge in [-0.15, -0.1) is 0 Å². The molecule has 2 fully saturated rings. The highest BCUT2D eigenvalue weighted by molar-refractivity contribution is 5.89. The van der Waals surface area contributed by atoms with E-state index in [1.54, 1.807) is 24.3 Å². The average Bonchev–Trinajstić information content (AvgIpc) is 3.07. The van der Waals surface area contributed by atoms with Crippen LogP contribution >= 0.6 is 0 Å². The topological polar surface area (TPSA) is 105 Å². The van der Waals surface area contributed by atoms with Crippen LogP contribution < -0.4 is 48.0 Å². The molecule has 272 valence electrons. The largest absolute Gasteiger partial charge is 1.00 e. The van der Waals surface area contributed by atoms with E-state index in [9.17, 15) is 19.2 Å². The number of likely N-dealkylation sites (tertiary alicyclic amines) is 2. The second-order valence-corrected chi connectivity index (χ2v) is 13.6. The number of esters is 4. The molecule has 0 spiro atoms. The van der Waals surface area contributed by atoms with Crippen LogP contribution in [0.5, 0.6) is 0 Å². The Labute approximate surface area is 325 Å². The fourth-order valence-corrected chi connectivity index (χ4v) is 6.56. The molecule has 0 amide bonds. The van der Waals surface area contributed by atoms with Gasteiger partial charge in [0, 0.05) is 12.8 Å². The zero-order chi connectivity index (χ0) is 33.5. The number of quaternary nitrogens is 2. The molecule has 4 unspecified atom stereocenters. The van der Waals surface area contributed by atoms with Gasteiger partial charge in [-0.2, -0.15) is 0 Å². The summed E-state index contributed by atoms with van der Waals surface area (Å²) in [5.41, 5.74) is 1.11. The SMILES string of the molecule is C[N+]1(CCC(=O)OCCCCCOC(=O)CC[N+]2(C)CCCC(OC(=O)c3ccccc3)C2)CCCC(OC(=O)c2ccccc2)C1.[I-].[I-]. The van der Waals surface area contributed by atoms with Crippen LogP contribution in [0.25, 0.3) is 0 Å². The number of piperidine rings is 2. The van der Waals surface area contributed by atoms with Gasteiger partial charge in [0.1, 0.15) is 13.1 Å². The fourth-order valence-electron chi connectivity index (χ4n) is 6.56. The molecule has 2 aliphatic rings. The third-order valence-corrected chi connectivity index (χ3v) is 9.33. The van der Waals surface area contributed by atoms with Crippen molar-refractivity contribution in [1.29, 1.82) is 0 Å². The van der Waals surface area contributed by atoms with E-state index in [1.165, 1.54) is 0 Å². The first-order chi connectivity index (χ1) is 22.6. The number of benzene rings is 2. The summed E-state index contributed by atoms with van der Waals surface area (Å²) in [6.45, 7) is 5.24. The van der Waals surface area contributed by atoms with Gasteiger partial charge >= 0.3 is 23.9 Å². The van der Waals surface area contributed by atoms with Crippen molar-refractivity contribution in [2.75, 3.05) is 66.6 Å². The van der Waals surface area contributed by atoms with Crippen LogP contribution in [-0.4, -0.2) is 112 Å². The number of hydrogen-bond donors (Lipinski definition) is 0. The van der Waals surface area contributed by atoms with Crippen molar-refractivity contribution in [3.8, 4) is 0 Å². The Morgan fingerprint density at radius 3 is 1.39 bits per heavy atom. The summed E-state index contributed by atoms with van der Waals surface area (Å²) < 4.78 is 23.8. The van der Waals surface area contributed by atoms with Crippen molar-refractivity contribution < 1.29 is 95.0 Å². The van der Waals surface area contributed by atoms with Crippen LogP contribution in [0.1, 0.15) is 78.5 Å². The number of ether oxygens (including phenoxy) is 4. The van der Waals surface area contributed by atoms with Crippen LogP contribution in [0.3, 0.4) is 0 Å². The Balaban J connectivity index is 0.00000417. The van der Waals surface area contributed by atoms with Crippen molar-refractivity contribution in [3.05, 3.63) is 71.8 Å². The first-order valence-corrected chi connectivity index (χ1v) is 17.1. The van der Waals surface area contributed by atoms with E-state index in [-0.39, 0.29) is 84.0 Å². The zero-order valence-electron chi connectivity index (χ0n) is 28.9. The molecule has 2 aliphatic heterocycles. The normalized spacial score (nSPS) is 23.1. The van der Waals surface area contributed by atoms with Crippen molar-refractivity contribution >= 4 is 23.9 Å². The molecule has 0 N–H and O–H groups in total. The maximum absolute atomic E-state index is 12.5. The Kier molecular flexibility index (Phi) is 19.1. The predicted octanol–water partition coefficient (Wildman–Crippen LogP) is -1.04. The lowest BCUT2D eigenvalue weighted by molar-refractivity contribution is -0.916. The van der Waals surface area contributed by atoms with Crippen molar-refractivity contribution in [3.63, 3.8) is 0 Å². The lowest BCUT2D eigenvalue weighted by atomic mass is 10.1. The maximum atomic E-state index is 12.5. The number of likely N-dealkylation sites (N-methyl/N-ethyl adjacent to an activating group) is 2. The van der Waals surface area contributed by atoms with Crippen LogP contribution in [0.4, 0.5) is 0 Å². The van der Waals surface area contributed by atoms with Gasteiger partial charge in [-0.25, -0.2) is 9.59 Å². The average molecular weight is 907 g/mol. The Morgan fingerprint density at radius 1 is 0.612 bits per heavy atom. The smallest absolute Gasteiger partial charge is 0.338 e. The third-order valence-electron chi connectivity index (χ3n) is 9.33. The Bertz CT molecular complexity index is 1220. The van der Waals surface area contributed by atoms with Gasteiger partial charge in [0.15, 0.2) is 12.2 Å². The van der Waals surface area contributed by atoms with Gasteiger partial charge in [-0.05, 0) is 56.4 Å². The van der Waals surface area contributed by atoms with Gasteiger partial charge in [0.25, 0.3) is 0 Å². The number of nitrogens with zero attached hydrogens (tertiary/aromatic N) is 2. The summed E-state index contributed by atoms with van der Waals surface area (Å²) in [6, 6.07) is 18.0. The van der Waals surface area contributed by atoms with Crippen molar-refractivity contribution in [2.45, 2.75) is 70.0 Å². The molecule has 49 heavy (non-hydrogen) atoms. The minimum atomic E-state index is -0.301. The molecule has 10 nitrogen and oxygen atoms in total. The van der Waals surface area contributed by atoms with Gasteiger partial charge in [0.2, 0.25) is 0 Å². The Hall–Kier alpha value is -2.30. The molecule has 2 aromatic carbocycles. The molecule has 0 saturated carbocycles. The standard InChI is InChI=1S/C37H52N2O8.2HI/c1-38(22-12-18-32(28-38)46-36(42)30-14-6-3-7-15-30)24-20-34(40)44-26-10-5-11-27-45-35(41)21-25-39(2)23-13-19-33(29-39)47-37(43)31-16-8-4-9-17-31;;/h3-4,6-9,14-17,32-33H,5,10-13,18-29H2,1-2H3;2*1H/q+2;;/p-2. The molecule has 0 aliphatic carbocycles. The molecule has 2 heterocycles. The summed E-state index contributed by atoms with van der Waals surface area (Å²) >= 11 is 0. The molecule has 0 radical (unpaired) electrons. The molecule has 0 aromatic heterocycles. The lowest BCUT2D eigenvalue weighted by Crippen LogP contribution is -3.00. The maximum Gasteiger partial charge on any atom is 0.338 e. The quantitative estimate of drug-likeness (QED) is 0.0694. The van der Waals surface area contributed by atoms with Crippen molar-refractivity contribution in [2.24, 2.45) is 0 Å². The summed E-state index contributed by atoms with van der Waals surface area (Å²) in [6.07, 6.45) is 6.08. The highest BCUT2D eigenvalue weighted by Gasteiger charge is 2.35. The highest BCUT2D eigenvalue weighted by atomic mass is 127. The molecule has 4 atom stereocenters. The van der Waals surface area contributed by atoms with Crippen LogP contribution in [0.2, 0.25) is 0 Å². The molecule has 12 heteroatoms. The summed E-state index contributed by atoms with van der Waals surface area (Å²) in [5, 5.41) is 0. The van der Waals surface area contributed by atoms with E-state index in [2.05, 4.69) is 14.1 Å². The summed E-state index contributed by atoms with van der Waals surface area (Å²) in [7, 11) is 4.21. The summed E-state index contributed by atoms with van der Waals surface area (Å²) in [5.74, 6) is -1.04. The number of hydrogen-bond acceptors (Lipinski definition) is 8. The van der Waals surface area contributed by atoms with Crippen LogP contribution in [-0.2, 0) is 28.5 Å². The van der Waals surface area contributed by atoms with E-state index in [0.29, 0.717) is 85.2 Å². The molecule has 2 aromatic rings. The first kappa shape index (κ1) is 42.9. The lowest BCUT2D eigenvalue weighted by Gasteiger charge is -2.40. The van der Waals surface area contributed by atoms with E-state index < -0.39 is 0 Å². The summed E-state index contributed by atoms with van der Waals surface area (Å²) in [4.78, 5) is 49.7. The number of unbranched alkanes of at least 4 members (excludes halogenated alkanes) is 2. The molecule has 0 bridgehead atoms. The van der Waals surface area contributed by atoms with E-state index in [1.807, 2.05) is 36.4 Å². The Morgan fingerprint density at radius 2 is 1.00 bits per heavy atom. The molecule has 2 saturated heterocycles. The minimum Gasteiger partial charge on any atom is -1.00 e. The highest BCUT2D eigenvalue weighted by Crippen LogP contribution is 2.22.